The molecule has 0 unspecified atom stereocenters. The first-order valence-corrected chi connectivity index (χ1v) is 9.81. The number of allylic oxidation sites excluding steroid dienone is 1. The van der Waals surface area contributed by atoms with E-state index >= 15 is 0 Å². The number of anilines is 1. The number of pyridine rings is 1. The van der Waals surface area contributed by atoms with E-state index in [9.17, 15) is 9.59 Å². The molecule has 0 saturated carbocycles. The molecule has 0 radical (unpaired) electrons. The first kappa shape index (κ1) is 20.9. The maximum Gasteiger partial charge on any atom is 0.314 e. The maximum absolute atomic E-state index is 12.4. The molecular formula is C21H32N4O2. The Bertz CT molecular complexity index is 657. The van der Waals surface area contributed by atoms with Crippen molar-refractivity contribution in [3.63, 3.8) is 0 Å². The Hall–Kier alpha value is -2.37. The van der Waals surface area contributed by atoms with E-state index in [1.165, 1.54) is 5.57 Å². The zero-order chi connectivity index (χ0) is 19.8. The Labute approximate surface area is 162 Å². The summed E-state index contributed by atoms with van der Waals surface area (Å²) < 4.78 is 0. The van der Waals surface area contributed by atoms with Crippen molar-refractivity contribution < 1.29 is 9.59 Å². The molecule has 148 valence electrons. The number of amides is 3. The smallest absolute Gasteiger partial charge is 0.314 e. The highest BCUT2D eigenvalue weighted by molar-refractivity contribution is 5.90. The summed E-state index contributed by atoms with van der Waals surface area (Å²) in [5, 5.41) is 8.61. The van der Waals surface area contributed by atoms with Gasteiger partial charge in [-0.2, -0.15) is 0 Å². The molecule has 0 bridgehead atoms. The lowest BCUT2D eigenvalue weighted by Gasteiger charge is -2.37. The first-order chi connectivity index (χ1) is 12.9. The predicted molar refractivity (Wildman–Crippen MR) is 108 cm³/mol. The van der Waals surface area contributed by atoms with Crippen molar-refractivity contribution in [2.75, 3.05) is 18.4 Å². The topological polar surface area (TPSA) is 83.1 Å². The molecule has 1 aromatic heterocycles. The molecule has 2 rings (SSSR count). The normalized spacial score (nSPS) is 22.1. The fraction of sp³-hybridized carbons (Fsp3) is 0.571. The molecule has 0 aromatic carbocycles. The van der Waals surface area contributed by atoms with Crippen LogP contribution in [0.1, 0.15) is 40.5 Å². The number of rotatable bonds is 7. The summed E-state index contributed by atoms with van der Waals surface area (Å²) in [6.45, 7) is 9.66. The number of hydrogen-bond acceptors (Lipinski definition) is 3. The highest BCUT2D eigenvalue weighted by atomic mass is 16.2. The monoisotopic (exact) mass is 372 g/mol. The lowest BCUT2D eigenvalue weighted by atomic mass is 9.70. The molecule has 0 saturated heterocycles. The number of urea groups is 1. The Kier molecular flexibility index (Phi) is 7.82. The second-order valence-corrected chi connectivity index (χ2v) is 7.62. The van der Waals surface area contributed by atoms with Crippen LogP contribution in [0.4, 0.5) is 10.6 Å². The molecule has 3 atom stereocenters. The van der Waals surface area contributed by atoms with E-state index in [0.29, 0.717) is 43.1 Å². The van der Waals surface area contributed by atoms with E-state index in [1.807, 2.05) is 19.1 Å². The summed E-state index contributed by atoms with van der Waals surface area (Å²) in [6.07, 6.45) is 5.33. The van der Waals surface area contributed by atoms with Crippen molar-refractivity contribution in [3.8, 4) is 0 Å². The Morgan fingerprint density at radius 2 is 2.04 bits per heavy atom. The SMILES string of the molecule is CCNC(=O)NC[C@@H]1C=C(C)[C@H](CC(=O)Nc2ccccn2)C[C@H]1C(C)C. The van der Waals surface area contributed by atoms with Crippen molar-refractivity contribution in [2.24, 2.45) is 23.7 Å². The summed E-state index contributed by atoms with van der Waals surface area (Å²) in [5.41, 5.74) is 1.23. The molecule has 1 aromatic rings. The highest BCUT2D eigenvalue weighted by Gasteiger charge is 2.32. The Morgan fingerprint density at radius 1 is 1.26 bits per heavy atom. The van der Waals surface area contributed by atoms with Crippen molar-refractivity contribution in [3.05, 3.63) is 36.0 Å². The van der Waals surface area contributed by atoms with Gasteiger partial charge >= 0.3 is 6.03 Å². The average molecular weight is 373 g/mol. The molecule has 1 heterocycles. The number of aromatic nitrogens is 1. The van der Waals surface area contributed by atoms with E-state index in [-0.39, 0.29) is 17.9 Å². The van der Waals surface area contributed by atoms with E-state index in [4.69, 9.17) is 0 Å². The van der Waals surface area contributed by atoms with Crippen LogP contribution in [-0.4, -0.2) is 30.0 Å². The number of nitrogens with zero attached hydrogens (tertiary/aromatic N) is 1. The molecule has 6 heteroatoms. The minimum absolute atomic E-state index is 0.00662. The molecule has 0 aliphatic heterocycles. The molecule has 1 aliphatic carbocycles. The lowest BCUT2D eigenvalue weighted by Crippen LogP contribution is -2.41. The van der Waals surface area contributed by atoms with Crippen LogP contribution in [0.2, 0.25) is 0 Å². The van der Waals surface area contributed by atoms with Crippen LogP contribution in [0.25, 0.3) is 0 Å². The third-order valence-corrected chi connectivity index (χ3v) is 5.28. The van der Waals surface area contributed by atoms with Crippen LogP contribution in [0.15, 0.2) is 36.0 Å². The molecular weight excluding hydrogens is 340 g/mol. The van der Waals surface area contributed by atoms with Gasteiger partial charge in [0.2, 0.25) is 5.91 Å². The number of carbonyl (C=O) groups excluding carboxylic acids is 2. The second kappa shape index (κ2) is 10.1. The fourth-order valence-electron chi connectivity index (χ4n) is 3.80. The molecule has 0 spiro atoms. The van der Waals surface area contributed by atoms with Crippen molar-refractivity contribution in [2.45, 2.75) is 40.5 Å². The summed E-state index contributed by atoms with van der Waals surface area (Å²) in [5.74, 6) is 2.02. The minimum atomic E-state index is -0.122. The quantitative estimate of drug-likeness (QED) is 0.640. The van der Waals surface area contributed by atoms with Crippen LogP contribution >= 0.6 is 0 Å². The van der Waals surface area contributed by atoms with E-state index in [1.54, 1.807) is 12.3 Å². The van der Waals surface area contributed by atoms with Crippen LogP contribution < -0.4 is 16.0 Å². The summed E-state index contributed by atoms with van der Waals surface area (Å²) in [6, 6.07) is 5.35. The van der Waals surface area contributed by atoms with Crippen molar-refractivity contribution in [1.82, 2.24) is 15.6 Å². The number of hydrogen-bond donors (Lipinski definition) is 3. The molecule has 6 nitrogen and oxygen atoms in total. The van der Waals surface area contributed by atoms with Gasteiger partial charge in [0.15, 0.2) is 0 Å². The van der Waals surface area contributed by atoms with Gasteiger partial charge in [-0.15, -0.1) is 0 Å². The van der Waals surface area contributed by atoms with Crippen molar-refractivity contribution >= 4 is 17.8 Å². The van der Waals surface area contributed by atoms with Gasteiger partial charge in [-0.1, -0.05) is 31.6 Å². The van der Waals surface area contributed by atoms with Crippen LogP contribution in [0.5, 0.6) is 0 Å². The maximum atomic E-state index is 12.4. The summed E-state index contributed by atoms with van der Waals surface area (Å²) in [4.78, 5) is 28.3. The van der Waals surface area contributed by atoms with Gasteiger partial charge in [0.05, 0.1) is 0 Å². The standard InChI is InChI=1S/C21H32N4O2/c1-5-22-21(27)24-13-17-10-15(4)16(11-18(17)14(2)3)12-20(26)25-19-8-6-7-9-23-19/h6-10,14,16-18H,5,11-13H2,1-4H3,(H2,22,24,27)(H,23,25,26)/t16-,17-,18-/m0/s1. The molecule has 0 fully saturated rings. The lowest BCUT2D eigenvalue weighted by molar-refractivity contribution is -0.117. The average Bonchev–Trinajstić information content (AvgIpc) is 2.62. The zero-order valence-electron chi connectivity index (χ0n) is 16.8. The van der Waals surface area contributed by atoms with Crippen LogP contribution in [-0.2, 0) is 4.79 Å². The minimum Gasteiger partial charge on any atom is -0.338 e. The largest absolute Gasteiger partial charge is 0.338 e. The molecule has 27 heavy (non-hydrogen) atoms. The number of carbonyl (C=O) groups is 2. The fourth-order valence-corrected chi connectivity index (χ4v) is 3.80. The third kappa shape index (κ3) is 6.38. The first-order valence-electron chi connectivity index (χ1n) is 9.81. The van der Waals surface area contributed by atoms with Gasteiger partial charge in [-0.05, 0) is 56.1 Å². The highest BCUT2D eigenvalue weighted by Crippen LogP contribution is 2.38. The third-order valence-electron chi connectivity index (χ3n) is 5.28. The van der Waals surface area contributed by atoms with Crippen LogP contribution in [0, 0.1) is 23.7 Å². The van der Waals surface area contributed by atoms with Crippen LogP contribution in [0.3, 0.4) is 0 Å². The number of nitrogens with one attached hydrogen (secondary N) is 3. The zero-order valence-corrected chi connectivity index (χ0v) is 16.8. The second-order valence-electron chi connectivity index (χ2n) is 7.62. The van der Waals surface area contributed by atoms with E-state index in [0.717, 1.165) is 6.42 Å². The van der Waals surface area contributed by atoms with E-state index < -0.39 is 0 Å². The van der Waals surface area contributed by atoms with Gasteiger partial charge in [0.25, 0.3) is 0 Å². The van der Waals surface area contributed by atoms with Gasteiger partial charge in [-0.25, -0.2) is 9.78 Å². The summed E-state index contributed by atoms with van der Waals surface area (Å²) >= 11 is 0. The molecule has 1 aliphatic rings. The Balaban J connectivity index is 1.99. The summed E-state index contributed by atoms with van der Waals surface area (Å²) in [7, 11) is 0. The molecule has 3 amide bonds. The van der Waals surface area contributed by atoms with Crippen molar-refractivity contribution in [1.29, 1.82) is 0 Å². The molecule has 3 N–H and O–H groups in total. The Morgan fingerprint density at radius 3 is 2.67 bits per heavy atom. The van der Waals surface area contributed by atoms with E-state index in [2.05, 4.69) is 47.8 Å². The predicted octanol–water partition coefficient (Wildman–Crippen LogP) is 3.58. The van der Waals surface area contributed by atoms with Gasteiger partial charge in [0.1, 0.15) is 5.82 Å². The van der Waals surface area contributed by atoms with Gasteiger partial charge in [-0.3, -0.25) is 4.79 Å². The van der Waals surface area contributed by atoms with Gasteiger partial charge < -0.3 is 16.0 Å². The van der Waals surface area contributed by atoms with Gasteiger partial charge in [0, 0.05) is 25.7 Å².